The van der Waals surface area contributed by atoms with Gasteiger partial charge in [-0.25, -0.2) is 14.6 Å². The highest BCUT2D eigenvalue weighted by Crippen LogP contribution is 2.36. The quantitative estimate of drug-likeness (QED) is 0.233. The number of aromatic nitrogens is 2. The van der Waals surface area contributed by atoms with Gasteiger partial charge in [-0.15, -0.1) is 0 Å². The Bertz CT molecular complexity index is 1800. The van der Waals surface area contributed by atoms with Crippen LogP contribution in [-0.4, -0.2) is 68.8 Å². The van der Waals surface area contributed by atoms with E-state index in [1.165, 1.54) is 39.0 Å². The van der Waals surface area contributed by atoms with Crippen LogP contribution < -0.4 is 0 Å². The average Bonchev–Trinajstić information content (AvgIpc) is 3.85. The molecular weight excluding hydrogens is 624 g/mol. The lowest BCUT2D eigenvalue weighted by Gasteiger charge is -2.29. The average molecular weight is 681 g/mol. The van der Waals surface area contributed by atoms with Crippen LogP contribution >= 0.6 is 0 Å². The molecule has 1 N–H and O–H groups in total. The molecule has 3 aliphatic rings. The molecule has 3 heterocycles. The number of fused-ring (bicyclic) bond motifs is 2. The first-order valence-electron chi connectivity index (χ1n) is 17.2. The molecule has 0 unspecified atom stereocenters. The Morgan fingerprint density at radius 3 is 1.96 bits per heavy atom. The number of H-pyrrole nitrogens is 1. The molecule has 0 bridgehead atoms. The minimum absolute atomic E-state index is 0. The lowest BCUT2D eigenvalue weighted by molar-refractivity contribution is 0.0246. The minimum atomic E-state index is -0.479. The first kappa shape index (κ1) is 38.2. The van der Waals surface area contributed by atoms with Gasteiger partial charge in [0.05, 0.1) is 23.4 Å². The molecule has 8 nitrogen and oxygen atoms in total. The molecule has 1 aromatic heterocycles. The molecule has 1 aliphatic carbocycles. The maximum absolute atomic E-state index is 12.8. The summed E-state index contributed by atoms with van der Waals surface area (Å²) in [6.45, 7) is 13.9. The SMILES string of the molecule is C.C.CC(C)(C)OC(=O)N1CCCC1.CC(C)(C)OC(=O)N1CCC[C@@H]1C1=Cc2cc(-c3ccc(-c4ccc5nc[nH]c5c4)cc3)ccc2C1. The second-order valence-corrected chi connectivity index (χ2v) is 15.0. The third-order valence-electron chi connectivity index (χ3n) is 8.92. The lowest BCUT2D eigenvalue weighted by atomic mass is 9.97. The summed E-state index contributed by atoms with van der Waals surface area (Å²) in [7, 11) is 0. The Labute approximate surface area is 298 Å². The highest BCUT2D eigenvalue weighted by molar-refractivity contribution is 5.82. The number of carbonyl (C=O) groups is 2. The van der Waals surface area contributed by atoms with Gasteiger partial charge < -0.3 is 24.3 Å². The standard InChI is InChI=1S/C31H31N3O2.C9H17NO2.2CH4/c1-31(2,3)36-30(35)34-14-4-5-29(34)26-16-23-11-10-22(15-25(23)17-26)20-6-8-21(9-7-20)24-12-13-27-28(18-24)33-19-32-27;1-9(2,3)12-8(11)10-6-4-5-7-10;;/h6-13,15,17-19,29H,4-5,14,16H2,1-3H3,(H,32,33);4-7H2,1-3H3;2*1H4/t29-;;;/m1.../s1. The zero-order valence-corrected chi connectivity index (χ0v) is 29.1. The van der Waals surface area contributed by atoms with Crippen LogP contribution in [0.3, 0.4) is 0 Å². The van der Waals surface area contributed by atoms with E-state index in [1.807, 2.05) is 52.5 Å². The van der Waals surface area contributed by atoms with Gasteiger partial charge in [-0.1, -0.05) is 63.4 Å². The maximum atomic E-state index is 12.8. The second kappa shape index (κ2) is 15.5. The smallest absolute Gasteiger partial charge is 0.410 e. The van der Waals surface area contributed by atoms with Crippen molar-refractivity contribution in [3.63, 3.8) is 0 Å². The van der Waals surface area contributed by atoms with Gasteiger partial charge in [-0.2, -0.15) is 0 Å². The molecule has 2 fully saturated rings. The van der Waals surface area contributed by atoms with Crippen molar-refractivity contribution in [1.82, 2.24) is 19.8 Å². The first-order valence-corrected chi connectivity index (χ1v) is 17.2. The van der Waals surface area contributed by atoms with Crippen LogP contribution in [-0.2, 0) is 15.9 Å². The fraction of sp³-hybridized carbons (Fsp3) is 0.452. The van der Waals surface area contributed by atoms with E-state index in [0.717, 1.165) is 62.8 Å². The van der Waals surface area contributed by atoms with Crippen molar-refractivity contribution in [3.8, 4) is 22.3 Å². The summed E-state index contributed by atoms with van der Waals surface area (Å²) < 4.78 is 10.9. The van der Waals surface area contributed by atoms with Gasteiger partial charge in [0.1, 0.15) is 11.2 Å². The molecule has 2 amide bonds. The van der Waals surface area contributed by atoms with E-state index in [-0.39, 0.29) is 38.7 Å². The van der Waals surface area contributed by atoms with Crippen molar-refractivity contribution in [2.75, 3.05) is 19.6 Å². The zero-order chi connectivity index (χ0) is 34.1. The largest absolute Gasteiger partial charge is 0.444 e. The van der Waals surface area contributed by atoms with Crippen LogP contribution in [0.4, 0.5) is 9.59 Å². The molecule has 2 aliphatic heterocycles. The lowest BCUT2D eigenvalue weighted by Crippen LogP contribution is -2.40. The van der Waals surface area contributed by atoms with Crippen molar-refractivity contribution in [3.05, 3.63) is 83.7 Å². The fourth-order valence-electron chi connectivity index (χ4n) is 6.64. The Balaban J connectivity index is 0.000000344. The summed E-state index contributed by atoms with van der Waals surface area (Å²) in [4.78, 5) is 35.3. The number of likely N-dealkylation sites (tertiary alicyclic amines) is 2. The molecule has 7 rings (SSSR count). The van der Waals surface area contributed by atoms with E-state index in [9.17, 15) is 9.59 Å². The molecule has 4 aromatic rings. The first-order chi connectivity index (χ1) is 22.8. The van der Waals surface area contributed by atoms with Crippen LogP contribution in [0.25, 0.3) is 39.4 Å². The number of hydrogen-bond donors (Lipinski definition) is 1. The van der Waals surface area contributed by atoms with Gasteiger partial charge in [-0.3, -0.25) is 0 Å². The predicted octanol–water partition coefficient (Wildman–Crippen LogP) is 10.5. The normalized spacial score (nSPS) is 16.8. The number of benzene rings is 3. The molecule has 50 heavy (non-hydrogen) atoms. The summed E-state index contributed by atoms with van der Waals surface area (Å²) in [5, 5.41) is 0. The van der Waals surface area contributed by atoms with Gasteiger partial charge in [0.25, 0.3) is 0 Å². The summed E-state index contributed by atoms with van der Waals surface area (Å²) in [5.74, 6) is 0. The van der Waals surface area contributed by atoms with E-state index >= 15 is 0 Å². The second-order valence-electron chi connectivity index (χ2n) is 15.0. The van der Waals surface area contributed by atoms with Crippen molar-refractivity contribution in [2.45, 2.75) is 106 Å². The number of rotatable bonds is 3. The molecule has 268 valence electrons. The van der Waals surface area contributed by atoms with Gasteiger partial charge in [0.15, 0.2) is 0 Å². The highest BCUT2D eigenvalue weighted by Gasteiger charge is 2.35. The van der Waals surface area contributed by atoms with E-state index in [4.69, 9.17) is 9.47 Å². The minimum Gasteiger partial charge on any atom is -0.444 e. The Hall–Kier alpha value is -4.59. The Morgan fingerprint density at radius 1 is 0.740 bits per heavy atom. The van der Waals surface area contributed by atoms with E-state index in [2.05, 4.69) is 70.6 Å². The van der Waals surface area contributed by atoms with E-state index in [1.54, 1.807) is 11.2 Å². The van der Waals surface area contributed by atoms with E-state index in [0.29, 0.717) is 0 Å². The Morgan fingerprint density at radius 2 is 1.32 bits per heavy atom. The molecular formula is C42H56N4O4. The van der Waals surface area contributed by atoms with Gasteiger partial charge in [0.2, 0.25) is 0 Å². The van der Waals surface area contributed by atoms with Crippen LogP contribution in [0.5, 0.6) is 0 Å². The summed E-state index contributed by atoms with van der Waals surface area (Å²) in [5.41, 5.74) is 9.84. The number of ether oxygens (including phenoxy) is 2. The highest BCUT2D eigenvalue weighted by atomic mass is 16.6. The number of nitrogens with zero attached hydrogens (tertiary/aromatic N) is 3. The number of amides is 2. The molecule has 2 saturated heterocycles. The molecule has 0 radical (unpaired) electrons. The zero-order valence-electron chi connectivity index (χ0n) is 29.1. The number of aromatic amines is 1. The van der Waals surface area contributed by atoms with Crippen LogP contribution in [0, 0.1) is 0 Å². The molecule has 0 saturated carbocycles. The summed E-state index contributed by atoms with van der Waals surface area (Å²) in [6.07, 6.45) is 8.79. The van der Waals surface area contributed by atoms with Crippen molar-refractivity contribution >= 4 is 29.3 Å². The van der Waals surface area contributed by atoms with Crippen molar-refractivity contribution in [1.29, 1.82) is 0 Å². The number of hydrogen-bond acceptors (Lipinski definition) is 5. The van der Waals surface area contributed by atoms with Crippen LogP contribution in [0.1, 0.15) is 93.2 Å². The maximum Gasteiger partial charge on any atom is 0.410 e. The molecule has 8 heteroatoms. The topological polar surface area (TPSA) is 87.8 Å². The van der Waals surface area contributed by atoms with Crippen LogP contribution in [0.15, 0.2) is 72.6 Å². The third-order valence-corrected chi connectivity index (χ3v) is 8.92. The molecule has 0 spiro atoms. The van der Waals surface area contributed by atoms with Gasteiger partial charge in [-0.05, 0) is 131 Å². The van der Waals surface area contributed by atoms with E-state index < -0.39 is 5.60 Å². The van der Waals surface area contributed by atoms with Crippen LogP contribution in [0.2, 0.25) is 0 Å². The van der Waals surface area contributed by atoms with Gasteiger partial charge >= 0.3 is 12.2 Å². The third kappa shape index (κ3) is 9.14. The Kier molecular flexibility index (Phi) is 11.9. The molecule has 1 atom stereocenters. The summed E-state index contributed by atoms with van der Waals surface area (Å²) in [6, 6.07) is 21.9. The fourth-order valence-corrected chi connectivity index (χ4v) is 6.64. The monoisotopic (exact) mass is 680 g/mol. The van der Waals surface area contributed by atoms with Gasteiger partial charge in [0, 0.05) is 19.6 Å². The number of carbonyl (C=O) groups excluding carboxylic acids is 2. The van der Waals surface area contributed by atoms with Crippen molar-refractivity contribution in [2.24, 2.45) is 0 Å². The number of nitrogens with one attached hydrogen (secondary N) is 1. The number of imidazole rings is 1. The predicted molar refractivity (Wildman–Crippen MR) is 205 cm³/mol. The molecule has 3 aromatic carbocycles. The van der Waals surface area contributed by atoms with Crippen molar-refractivity contribution < 1.29 is 19.1 Å². The summed E-state index contributed by atoms with van der Waals surface area (Å²) >= 11 is 0.